The molecule has 10 heteroatoms. The Labute approximate surface area is 143 Å². The van der Waals surface area contributed by atoms with Gasteiger partial charge in [-0.3, -0.25) is 0 Å². The van der Waals surface area contributed by atoms with E-state index in [2.05, 4.69) is 11.7 Å². The van der Waals surface area contributed by atoms with Gasteiger partial charge in [0.1, 0.15) is 0 Å². The first-order valence-corrected chi connectivity index (χ1v) is 11.6. The maximum absolute atomic E-state index is 12.0. The van der Waals surface area contributed by atoms with Crippen LogP contribution in [0.15, 0.2) is 0 Å². The van der Waals surface area contributed by atoms with Crippen molar-refractivity contribution in [2.75, 3.05) is 6.16 Å². The van der Waals surface area contributed by atoms with Crippen molar-refractivity contribution in [2.45, 2.75) is 84.0 Å². The molecule has 0 aromatic heterocycles. The van der Waals surface area contributed by atoms with Crippen LogP contribution < -0.4 is 0 Å². The Kier molecular flexibility index (Phi) is 18.4. The quantitative estimate of drug-likeness (QED) is 0.182. The molecule has 0 rings (SSSR count). The zero-order valence-electron chi connectivity index (χ0n) is 14.3. The Morgan fingerprint density at radius 1 is 0.792 bits per heavy atom. The summed E-state index contributed by atoms with van der Waals surface area (Å²) in [6, 6.07) is 0. The first-order chi connectivity index (χ1) is 11.1. The number of rotatable bonds is 14. The second kappa shape index (κ2) is 16.7. The van der Waals surface area contributed by atoms with Crippen LogP contribution in [0.2, 0.25) is 0 Å². The molecule has 0 unspecified atom stereocenters. The van der Waals surface area contributed by atoms with Gasteiger partial charge in [-0.1, -0.05) is 75.9 Å². The Morgan fingerprint density at radius 3 is 1.33 bits per heavy atom. The van der Waals surface area contributed by atoms with Gasteiger partial charge in [0, 0.05) is 12.6 Å². The maximum Gasteiger partial charge on any atom is 0.569 e. The molecule has 0 aliphatic carbocycles. The largest absolute Gasteiger partial charge is 0.569 e. The van der Waals surface area contributed by atoms with Crippen LogP contribution >= 0.6 is 16.0 Å². The van der Waals surface area contributed by atoms with Gasteiger partial charge >= 0.3 is 16.0 Å². The fourth-order valence-electron chi connectivity index (χ4n) is 2.13. The molecule has 0 aromatic carbocycles. The van der Waals surface area contributed by atoms with Gasteiger partial charge in [-0.05, 0) is 17.4 Å². The van der Waals surface area contributed by atoms with Crippen molar-refractivity contribution >= 4 is 16.0 Å². The van der Waals surface area contributed by atoms with Crippen molar-refractivity contribution in [3.63, 3.8) is 0 Å². The second-order valence-corrected chi connectivity index (χ2v) is 8.39. The molecule has 0 amide bonds. The highest BCUT2D eigenvalue weighted by molar-refractivity contribution is 7.60. The van der Waals surface area contributed by atoms with Crippen LogP contribution in [-0.4, -0.2) is 15.9 Å². The zero-order chi connectivity index (χ0) is 18.9. The van der Waals surface area contributed by atoms with Gasteiger partial charge in [0.15, 0.2) is 6.16 Å². The molecule has 0 aromatic rings. The van der Waals surface area contributed by atoms with E-state index in [1.165, 1.54) is 51.4 Å². The summed E-state index contributed by atoms with van der Waals surface area (Å²) < 4.78 is 57.3. The topological polar surface area (TPSA) is 66.8 Å². The molecule has 0 fully saturated rings. The van der Waals surface area contributed by atoms with Gasteiger partial charge in [0.05, 0.1) is 0 Å². The molecule has 0 saturated heterocycles. The Balaban J connectivity index is 0. The smallest absolute Gasteiger partial charge is 0.301 e. The fourth-order valence-corrected chi connectivity index (χ4v) is 2.71. The minimum atomic E-state index is -5.00. The van der Waals surface area contributed by atoms with Crippen LogP contribution in [0.1, 0.15) is 84.0 Å². The molecule has 2 N–H and O–H groups in total. The average Bonchev–Trinajstić information content (AvgIpc) is 2.47. The zero-order valence-corrected chi connectivity index (χ0v) is 16.1. The summed E-state index contributed by atoms with van der Waals surface area (Å²) in [7, 11) is -9.81. The van der Waals surface area contributed by atoms with E-state index >= 15 is 0 Å². The molecule has 0 aliphatic heterocycles. The minimum absolute atomic E-state index is 0.355. The number of hydrogen-bond acceptors (Lipinski definition) is 2. The normalized spacial score (nSPS) is 12.0. The van der Waals surface area contributed by atoms with Crippen LogP contribution in [0.3, 0.4) is 0 Å². The van der Waals surface area contributed by atoms with Crippen LogP contribution in [0, 0.1) is 0 Å². The molecule has 0 aliphatic rings. The third-order valence-electron chi connectivity index (χ3n) is 3.36. The van der Waals surface area contributed by atoms with E-state index in [1.54, 1.807) is 0 Å². The molecular formula is C14H31F4O4P2+. The minimum Gasteiger partial charge on any atom is -0.301 e. The molecule has 4 nitrogen and oxygen atoms in total. The Morgan fingerprint density at radius 2 is 1.08 bits per heavy atom. The first kappa shape index (κ1) is 26.5. The maximum atomic E-state index is 12.0. The monoisotopic (exact) mass is 401 g/mol. The van der Waals surface area contributed by atoms with Crippen LogP contribution in [0.5, 0.6) is 0 Å². The lowest BCUT2D eigenvalue weighted by Crippen LogP contribution is -1.85. The van der Waals surface area contributed by atoms with Crippen LogP contribution in [0.25, 0.3) is 0 Å². The average molecular weight is 401 g/mol. The van der Waals surface area contributed by atoms with Gasteiger partial charge < -0.3 is 9.79 Å². The van der Waals surface area contributed by atoms with E-state index < -0.39 is 22.2 Å². The van der Waals surface area contributed by atoms with Gasteiger partial charge in [-0.25, -0.2) is 4.57 Å². The van der Waals surface area contributed by atoms with Crippen molar-refractivity contribution in [1.29, 1.82) is 0 Å². The van der Waals surface area contributed by atoms with Gasteiger partial charge in [-0.15, -0.1) is 0 Å². The van der Waals surface area contributed by atoms with E-state index in [0.29, 0.717) is 6.42 Å². The van der Waals surface area contributed by atoms with Crippen molar-refractivity contribution in [1.82, 2.24) is 0 Å². The fraction of sp³-hybridized carbons (Fsp3) is 1.00. The lowest BCUT2D eigenvalue weighted by Gasteiger charge is -2.02. The van der Waals surface area contributed by atoms with E-state index in [1.807, 2.05) is 0 Å². The third kappa shape index (κ3) is 30.2. The van der Waals surface area contributed by atoms with E-state index in [9.17, 15) is 17.1 Å². The van der Waals surface area contributed by atoms with Gasteiger partial charge in [0.25, 0.3) is 0 Å². The molecule has 0 heterocycles. The first-order valence-electron chi connectivity index (χ1n) is 8.45. The molecule has 0 spiro atoms. The molecule has 24 heavy (non-hydrogen) atoms. The number of phosphoric acid groups is 1. The summed E-state index contributed by atoms with van der Waals surface area (Å²) in [5, 5.41) is 0. The molecule has 0 bridgehead atoms. The predicted octanol–water partition coefficient (Wildman–Crippen LogP) is 7.34. The predicted molar refractivity (Wildman–Crippen MR) is 90.4 cm³/mol. The summed E-state index contributed by atoms with van der Waals surface area (Å²) in [6.45, 7) is 2.22. The summed E-state index contributed by atoms with van der Waals surface area (Å²) in [5.41, 5.74) is 0. The molecule has 0 atom stereocenters. The summed E-state index contributed by atoms with van der Waals surface area (Å²) >= 11 is 0. The summed E-state index contributed by atoms with van der Waals surface area (Å²) in [6.07, 6.45) is 13.2. The van der Waals surface area contributed by atoms with Gasteiger partial charge in [-0.2, -0.15) is 0 Å². The number of halogens is 4. The van der Waals surface area contributed by atoms with E-state index in [-0.39, 0.29) is 0 Å². The van der Waals surface area contributed by atoms with Crippen LogP contribution in [0.4, 0.5) is 17.1 Å². The second-order valence-electron chi connectivity index (χ2n) is 5.72. The number of unbranched alkanes of at least 4 members (excludes halogenated alkanes) is 11. The van der Waals surface area contributed by atoms with Crippen LogP contribution in [-0.2, 0) is 9.29 Å². The van der Waals surface area contributed by atoms with Crippen molar-refractivity contribution in [3.8, 4) is 0 Å². The van der Waals surface area contributed by atoms with E-state index in [0.717, 1.165) is 19.3 Å². The lowest BCUT2D eigenvalue weighted by molar-refractivity contribution is -0.0389. The van der Waals surface area contributed by atoms with E-state index in [4.69, 9.17) is 14.4 Å². The highest BCUT2D eigenvalue weighted by Gasteiger charge is 2.41. The summed E-state index contributed by atoms with van der Waals surface area (Å²) in [5.74, 6) is 0. The Hall–Kier alpha value is 0.260. The van der Waals surface area contributed by atoms with Gasteiger partial charge in [0.2, 0.25) is 0 Å². The molecular weight excluding hydrogens is 370 g/mol. The molecule has 148 valence electrons. The highest BCUT2D eigenvalue weighted by atomic mass is 31.3. The van der Waals surface area contributed by atoms with Crippen molar-refractivity contribution in [2.24, 2.45) is 0 Å². The third-order valence-corrected chi connectivity index (χ3v) is 4.36. The Bertz CT molecular complexity index is 312. The number of hydrogen-bond donors (Lipinski definition) is 2. The highest BCUT2D eigenvalue weighted by Crippen LogP contribution is 2.64. The molecule has 0 saturated carbocycles. The van der Waals surface area contributed by atoms with Crippen molar-refractivity contribution < 1.29 is 36.2 Å². The summed E-state index contributed by atoms with van der Waals surface area (Å²) in [4.78, 5) is 14.7. The standard InChI is InChI=1S/C14H29F3P.FH2O4P/c1-2-3-4-5-6-7-8-9-10-11-12-13-14-18(15,16)17;1-5-6(2,3)4/h2-14H2,1H3;(H2,2,3,4)/q+1;. The van der Waals surface area contributed by atoms with Crippen molar-refractivity contribution in [3.05, 3.63) is 0 Å². The lowest BCUT2D eigenvalue weighted by atomic mass is 10.1. The SMILES string of the molecule is CCCCCCCCCCCCCC[P+](F)(F)F.O=P(O)(O)OF. The molecule has 0 radical (unpaired) electrons.